The lowest BCUT2D eigenvalue weighted by atomic mass is 10.1. The van der Waals surface area contributed by atoms with Gasteiger partial charge in [0.25, 0.3) is 0 Å². The number of aromatic nitrogens is 6. The monoisotopic (exact) mass is 688 g/mol. The number of aryl methyl sites for hydroxylation is 2. The molecule has 0 bridgehead atoms. The normalized spacial score (nSPS) is 11.3. The van der Waals surface area contributed by atoms with Crippen molar-refractivity contribution in [2.45, 2.75) is 33.5 Å². The third kappa shape index (κ3) is 7.27. The highest BCUT2D eigenvalue weighted by Crippen LogP contribution is 2.31. The van der Waals surface area contributed by atoms with E-state index >= 15 is 0 Å². The fourth-order valence-electron chi connectivity index (χ4n) is 5.11. The van der Waals surface area contributed by atoms with Crippen LogP contribution < -0.4 is 20.0 Å². The van der Waals surface area contributed by atoms with Gasteiger partial charge in [-0.25, -0.2) is 19.4 Å². The zero-order valence-corrected chi connectivity index (χ0v) is 28.3. The molecule has 0 unspecified atom stereocenters. The highest BCUT2D eigenvalue weighted by molar-refractivity contribution is 7.09. The predicted octanol–water partition coefficient (Wildman–Crippen LogP) is 7.53. The standard InChI is InChI=1S/C37H32N6O6S/c1-4-33-38-28(22-50-33)15-14-27-19-43(29-11-6-5-7-12-29)41-36(27)47-20-24-13-16-31(32(17-24)45-3)46-21-30-23(2)48-35(39-30)26-10-8-9-25(18-26)34-40-37(44)49-42-34/h5-19,22H,4,20-21H2,1-3H3,(H,40,42,44)/b15-14+. The van der Waals surface area contributed by atoms with Crippen LogP contribution in [0.3, 0.4) is 0 Å². The molecule has 0 spiro atoms. The van der Waals surface area contributed by atoms with E-state index < -0.39 is 5.76 Å². The van der Waals surface area contributed by atoms with E-state index in [9.17, 15) is 4.79 Å². The summed E-state index contributed by atoms with van der Waals surface area (Å²) < 4.78 is 30.4. The Labute approximate surface area is 290 Å². The van der Waals surface area contributed by atoms with Gasteiger partial charge in [-0.05, 0) is 67.5 Å². The Morgan fingerprint density at radius 2 is 1.80 bits per heavy atom. The van der Waals surface area contributed by atoms with E-state index in [2.05, 4.69) is 31.6 Å². The lowest BCUT2D eigenvalue weighted by Gasteiger charge is -2.12. The molecule has 12 nitrogen and oxygen atoms in total. The van der Waals surface area contributed by atoms with Crippen LogP contribution >= 0.6 is 11.3 Å². The molecule has 0 saturated carbocycles. The van der Waals surface area contributed by atoms with Gasteiger partial charge in [0.1, 0.15) is 24.7 Å². The van der Waals surface area contributed by atoms with E-state index in [1.165, 1.54) is 0 Å². The lowest BCUT2D eigenvalue weighted by molar-refractivity contribution is 0.275. The summed E-state index contributed by atoms with van der Waals surface area (Å²) in [6.45, 7) is 4.34. The fourth-order valence-corrected chi connectivity index (χ4v) is 5.82. The van der Waals surface area contributed by atoms with Crippen LogP contribution in [0.1, 0.15) is 40.2 Å². The summed E-state index contributed by atoms with van der Waals surface area (Å²) in [5.41, 5.74) is 5.53. The highest BCUT2D eigenvalue weighted by Gasteiger charge is 2.16. The zero-order chi connectivity index (χ0) is 34.5. The van der Waals surface area contributed by atoms with Crippen LogP contribution in [0.5, 0.6) is 17.4 Å². The SMILES string of the molecule is CCc1nc(/C=C/c2cn(-c3ccccc3)nc2OCc2ccc(OCc3nc(-c4cccc(-c5noc(=O)[nH]5)c4)oc3C)c(OC)c2)cs1. The third-order valence-electron chi connectivity index (χ3n) is 7.72. The maximum atomic E-state index is 11.4. The van der Waals surface area contributed by atoms with Gasteiger partial charge in [0, 0.05) is 22.7 Å². The topological polar surface area (TPSA) is 143 Å². The number of nitrogens with zero attached hydrogens (tertiary/aromatic N) is 5. The van der Waals surface area contributed by atoms with Crippen molar-refractivity contribution in [3.63, 3.8) is 0 Å². The Morgan fingerprint density at radius 3 is 2.58 bits per heavy atom. The summed E-state index contributed by atoms with van der Waals surface area (Å²) in [4.78, 5) is 23.2. The average molecular weight is 689 g/mol. The first-order valence-corrected chi connectivity index (χ1v) is 16.7. The summed E-state index contributed by atoms with van der Waals surface area (Å²) in [7, 11) is 1.59. The second-order valence-corrected chi connectivity index (χ2v) is 12.1. The van der Waals surface area contributed by atoms with Crippen molar-refractivity contribution in [2.24, 2.45) is 0 Å². The lowest BCUT2D eigenvalue weighted by Crippen LogP contribution is -2.02. The molecular weight excluding hydrogens is 657 g/mol. The van der Waals surface area contributed by atoms with Crippen LogP contribution in [0.2, 0.25) is 0 Å². The summed E-state index contributed by atoms with van der Waals surface area (Å²) >= 11 is 1.65. The van der Waals surface area contributed by atoms with E-state index in [1.54, 1.807) is 29.2 Å². The third-order valence-corrected chi connectivity index (χ3v) is 8.73. The number of methoxy groups -OCH3 is 1. The molecule has 50 heavy (non-hydrogen) atoms. The number of hydrogen-bond acceptors (Lipinski definition) is 11. The number of H-pyrrole nitrogens is 1. The molecular formula is C37H32N6O6S. The number of aromatic amines is 1. The molecule has 0 aliphatic heterocycles. The summed E-state index contributed by atoms with van der Waals surface area (Å²) in [5.74, 6) is 2.31. The number of benzene rings is 3. The molecule has 1 N–H and O–H groups in total. The van der Waals surface area contributed by atoms with Crippen LogP contribution in [0.25, 0.3) is 40.7 Å². The van der Waals surface area contributed by atoms with Crippen molar-refractivity contribution in [3.05, 3.63) is 128 Å². The molecule has 252 valence electrons. The minimum Gasteiger partial charge on any atom is -0.493 e. The molecule has 0 aliphatic carbocycles. The van der Waals surface area contributed by atoms with Crippen molar-refractivity contribution >= 4 is 23.5 Å². The van der Waals surface area contributed by atoms with E-state index in [4.69, 9.17) is 23.7 Å². The smallest absolute Gasteiger partial charge is 0.439 e. The summed E-state index contributed by atoms with van der Waals surface area (Å²) in [6, 6.07) is 22.8. The van der Waals surface area contributed by atoms with Gasteiger partial charge < -0.3 is 18.6 Å². The van der Waals surface area contributed by atoms with Crippen molar-refractivity contribution in [1.82, 2.24) is 29.9 Å². The highest BCUT2D eigenvalue weighted by atomic mass is 32.1. The van der Waals surface area contributed by atoms with E-state index in [1.807, 2.05) is 97.4 Å². The van der Waals surface area contributed by atoms with Gasteiger partial charge in [-0.3, -0.25) is 9.51 Å². The van der Waals surface area contributed by atoms with Crippen LogP contribution in [0, 0.1) is 6.92 Å². The molecule has 4 heterocycles. The summed E-state index contributed by atoms with van der Waals surface area (Å²) in [6.07, 6.45) is 6.79. The van der Waals surface area contributed by atoms with Gasteiger partial charge in [-0.2, -0.15) is 0 Å². The van der Waals surface area contributed by atoms with Crippen molar-refractivity contribution in [1.29, 1.82) is 0 Å². The first-order valence-electron chi connectivity index (χ1n) is 15.8. The van der Waals surface area contributed by atoms with E-state index in [-0.39, 0.29) is 13.2 Å². The van der Waals surface area contributed by atoms with Gasteiger partial charge in [-0.15, -0.1) is 16.4 Å². The van der Waals surface area contributed by atoms with Crippen LogP contribution in [0.15, 0.2) is 98.1 Å². The Hall–Kier alpha value is -6.21. The Balaban J connectivity index is 1.04. The molecule has 7 aromatic rings. The maximum absolute atomic E-state index is 11.4. The second-order valence-electron chi connectivity index (χ2n) is 11.1. The molecule has 0 atom stereocenters. The number of thiazole rings is 1. The molecule has 13 heteroatoms. The number of rotatable bonds is 13. The molecule has 0 aliphatic rings. The largest absolute Gasteiger partial charge is 0.493 e. The van der Waals surface area contributed by atoms with Crippen molar-refractivity contribution < 1.29 is 23.2 Å². The number of para-hydroxylation sites is 1. The van der Waals surface area contributed by atoms with Gasteiger partial charge >= 0.3 is 5.76 Å². The molecule has 0 saturated heterocycles. The van der Waals surface area contributed by atoms with E-state index in [0.717, 1.165) is 33.9 Å². The molecule has 7 rings (SSSR count). The fraction of sp³-hybridized carbons (Fsp3) is 0.162. The number of oxazole rings is 1. The Morgan fingerprint density at radius 1 is 0.940 bits per heavy atom. The van der Waals surface area contributed by atoms with Crippen LogP contribution in [-0.4, -0.2) is 37.0 Å². The summed E-state index contributed by atoms with van der Waals surface area (Å²) in [5, 5.41) is 11.6. The number of ether oxygens (including phenoxy) is 3. The molecule has 0 amide bonds. The van der Waals surface area contributed by atoms with Gasteiger partial charge in [0.2, 0.25) is 11.8 Å². The Bertz CT molecular complexity index is 2320. The van der Waals surface area contributed by atoms with Crippen molar-refractivity contribution in [3.8, 4) is 45.9 Å². The number of hydrogen-bond donors (Lipinski definition) is 1. The average Bonchev–Trinajstić information content (AvgIpc) is 3.97. The van der Waals surface area contributed by atoms with Crippen LogP contribution in [0.4, 0.5) is 0 Å². The minimum atomic E-state index is -0.626. The zero-order valence-electron chi connectivity index (χ0n) is 27.5. The molecule has 3 aromatic carbocycles. The van der Waals surface area contributed by atoms with Gasteiger partial charge in [-0.1, -0.05) is 48.5 Å². The van der Waals surface area contributed by atoms with Gasteiger partial charge in [0.15, 0.2) is 17.3 Å². The van der Waals surface area contributed by atoms with E-state index in [0.29, 0.717) is 51.7 Å². The molecule has 4 aromatic heterocycles. The minimum absolute atomic E-state index is 0.156. The predicted molar refractivity (Wildman–Crippen MR) is 188 cm³/mol. The number of nitrogens with one attached hydrogen (secondary N) is 1. The first-order chi connectivity index (χ1) is 24.4. The molecule has 0 radical (unpaired) electrons. The second kappa shape index (κ2) is 14.5. The van der Waals surface area contributed by atoms with Crippen LogP contribution in [-0.2, 0) is 19.6 Å². The first kappa shape index (κ1) is 32.3. The maximum Gasteiger partial charge on any atom is 0.439 e. The Kier molecular flexibility index (Phi) is 9.38. The van der Waals surface area contributed by atoms with Gasteiger partial charge in [0.05, 0.1) is 29.1 Å². The molecule has 0 fully saturated rings. The van der Waals surface area contributed by atoms with Crippen molar-refractivity contribution in [2.75, 3.05) is 7.11 Å². The quantitative estimate of drug-likeness (QED) is 0.129.